The van der Waals surface area contributed by atoms with Gasteiger partial charge in [-0.1, -0.05) is 24.3 Å². The van der Waals surface area contributed by atoms with E-state index >= 15 is 0 Å². The summed E-state index contributed by atoms with van der Waals surface area (Å²) in [5.74, 6) is 0. The van der Waals surface area contributed by atoms with E-state index in [9.17, 15) is 4.79 Å². The number of benzene rings is 1. The first-order valence-electron chi connectivity index (χ1n) is 3.89. The average molecular weight is 192 g/mol. The highest BCUT2D eigenvalue weighted by atomic mass is 32.1. The van der Waals surface area contributed by atoms with Crippen molar-refractivity contribution in [2.45, 2.75) is 6.92 Å². The first kappa shape index (κ1) is 8.19. The van der Waals surface area contributed by atoms with E-state index in [-0.39, 0.29) is 5.56 Å². The van der Waals surface area contributed by atoms with E-state index in [1.807, 2.05) is 31.2 Å². The fourth-order valence-corrected chi connectivity index (χ4v) is 1.71. The van der Waals surface area contributed by atoms with Crippen LogP contribution in [0.5, 0.6) is 0 Å². The normalized spacial score (nSPS) is 10.2. The Labute approximate surface area is 79.4 Å². The molecule has 66 valence electrons. The largest absolute Gasteiger partial charge is 0.285 e. The molecule has 0 aliphatic heterocycles. The Kier molecular flexibility index (Phi) is 1.98. The molecule has 0 bridgehead atoms. The number of nitrogens with one attached hydrogen (secondary N) is 1. The maximum absolute atomic E-state index is 11.3. The molecule has 0 aliphatic carbocycles. The number of H-pyrrole nitrogens is 1. The van der Waals surface area contributed by atoms with Gasteiger partial charge >= 0.3 is 0 Å². The third-order valence-corrected chi connectivity index (χ3v) is 2.44. The van der Waals surface area contributed by atoms with Crippen molar-refractivity contribution in [1.29, 1.82) is 0 Å². The molecule has 0 radical (unpaired) electrons. The molecular formula is C9H8N2OS. The van der Waals surface area contributed by atoms with Crippen molar-refractivity contribution in [3.63, 3.8) is 0 Å². The molecule has 0 spiro atoms. The number of rotatable bonds is 1. The van der Waals surface area contributed by atoms with Gasteiger partial charge in [-0.25, -0.2) is 0 Å². The highest BCUT2D eigenvalue weighted by Gasteiger charge is 2.07. The fraction of sp³-hybridized carbons (Fsp3) is 0.111. The second-order valence-electron chi connectivity index (χ2n) is 2.78. The Bertz CT molecular complexity index is 472. The molecule has 0 saturated heterocycles. The van der Waals surface area contributed by atoms with Crippen molar-refractivity contribution < 1.29 is 0 Å². The summed E-state index contributed by atoms with van der Waals surface area (Å²) >= 11 is 1.08. The fourth-order valence-electron chi connectivity index (χ4n) is 1.21. The van der Waals surface area contributed by atoms with Crippen molar-refractivity contribution >= 4 is 11.7 Å². The molecule has 4 heteroatoms. The maximum atomic E-state index is 11.3. The first-order chi connectivity index (χ1) is 6.29. The minimum atomic E-state index is -0.112. The Balaban J connectivity index is 2.66. The van der Waals surface area contributed by atoms with E-state index in [2.05, 4.69) is 8.75 Å². The molecule has 2 aromatic rings. The minimum Gasteiger partial charge on any atom is -0.266 e. The zero-order chi connectivity index (χ0) is 9.26. The summed E-state index contributed by atoms with van der Waals surface area (Å²) in [5.41, 5.74) is 2.38. The molecule has 0 amide bonds. The number of nitrogens with zero attached hydrogens (tertiary/aromatic N) is 1. The molecule has 0 saturated carbocycles. The van der Waals surface area contributed by atoms with Crippen molar-refractivity contribution in [3.8, 4) is 11.3 Å². The lowest BCUT2D eigenvalue weighted by molar-refractivity contribution is 1.36. The highest BCUT2D eigenvalue weighted by Crippen LogP contribution is 2.17. The molecule has 0 aliphatic rings. The van der Waals surface area contributed by atoms with Crippen LogP contribution in [0.1, 0.15) is 5.56 Å². The van der Waals surface area contributed by atoms with Crippen LogP contribution in [0.25, 0.3) is 11.3 Å². The summed E-state index contributed by atoms with van der Waals surface area (Å²) in [6, 6.07) is 7.72. The van der Waals surface area contributed by atoms with Gasteiger partial charge in [-0.05, 0) is 12.5 Å². The van der Waals surface area contributed by atoms with Crippen LogP contribution in [-0.2, 0) is 0 Å². The number of aromatic amines is 1. The molecule has 1 N–H and O–H groups in total. The second-order valence-corrected chi connectivity index (χ2v) is 3.35. The summed E-state index contributed by atoms with van der Waals surface area (Å²) in [4.78, 5) is 11.3. The maximum Gasteiger partial charge on any atom is 0.285 e. The number of hydrogen-bond donors (Lipinski definition) is 1. The van der Waals surface area contributed by atoms with Crippen LogP contribution in [0.3, 0.4) is 0 Å². The van der Waals surface area contributed by atoms with Crippen molar-refractivity contribution in [2.75, 3.05) is 0 Å². The van der Waals surface area contributed by atoms with Gasteiger partial charge in [0.2, 0.25) is 0 Å². The zero-order valence-corrected chi connectivity index (χ0v) is 7.89. The van der Waals surface area contributed by atoms with Crippen LogP contribution in [0.2, 0.25) is 0 Å². The molecule has 1 aromatic carbocycles. The first-order valence-corrected chi connectivity index (χ1v) is 4.67. The van der Waals surface area contributed by atoms with Gasteiger partial charge < -0.3 is 0 Å². The van der Waals surface area contributed by atoms with Crippen LogP contribution in [0.15, 0.2) is 29.1 Å². The predicted molar refractivity (Wildman–Crippen MR) is 52.9 cm³/mol. The van der Waals surface area contributed by atoms with Gasteiger partial charge in [0.25, 0.3) is 5.56 Å². The van der Waals surface area contributed by atoms with Gasteiger partial charge in [-0.2, -0.15) is 4.37 Å². The standard InChI is InChI=1S/C9H8N2OS/c1-6-4-2-3-5-7(6)8-9(12)11-13-10-8/h2-5H,1H3,(H,11,12). The predicted octanol–water partition coefficient (Wildman–Crippen LogP) is 1.81. The topological polar surface area (TPSA) is 45.8 Å². The molecule has 0 fully saturated rings. The van der Waals surface area contributed by atoms with Crippen LogP contribution in [-0.4, -0.2) is 8.75 Å². The van der Waals surface area contributed by atoms with Crippen LogP contribution < -0.4 is 5.56 Å². The van der Waals surface area contributed by atoms with E-state index < -0.39 is 0 Å². The summed E-state index contributed by atoms with van der Waals surface area (Å²) < 4.78 is 6.59. The van der Waals surface area contributed by atoms with Crippen LogP contribution in [0, 0.1) is 6.92 Å². The summed E-state index contributed by atoms with van der Waals surface area (Å²) in [7, 11) is 0. The van der Waals surface area contributed by atoms with Gasteiger partial charge in [0.15, 0.2) is 5.69 Å². The molecule has 1 heterocycles. The number of aryl methyl sites for hydroxylation is 1. The quantitative estimate of drug-likeness (QED) is 0.749. The number of hydrogen-bond acceptors (Lipinski definition) is 3. The Morgan fingerprint density at radius 2 is 2.15 bits per heavy atom. The average Bonchev–Trinajstić information content (AvgIpc) is 2.52. The van der Waals surface area contributed by atoms with Crippen LogP contribution >= 0.6 is 11.7 Å². The lowest BCUT2D eigenvalue weighted by Gasteiger charge is -1.98. The molecule has 1 aromatic heterocycles. The Morgan fingerprint density at radius 1 is 1.38 bits per heavy atom. The molecule has 3 nitrogen and oxygen atoms in total. The van der Waals surface area contributed by atoms with Crippen molar-refractivity contribution in [3.05, 3.63) is 40.2 Å². The lowest BCUT2D eigenvalue weighted by atomic mass is 10.1. The summed E-state index contributed by atoms with van der Waals surface area (Å²) in [6.45, 7) is 1.97. The Morgan fingerprint density at radius 3 is 2.77 bits per heavy atom. The Hall–Kier alpha value is -1.42. The third kappa shape index (κ3) is 1.40. The summed E-state index contributed by atoms with van der Waals surface area (Å²) in [5, 5.41) is 0. The van der Waals surface area contributed by atoms with E-state index in [1.54, 1.807) is 0 Å². The molecule has 13 heavy (non-hydrogen) atoms. The van der Waals surface area contributed by atoms with Crippen molar-refractivity contribution in [1.82, 2.24) is 8.75 Å². The van der Waals surface area contributed by atoms with E-state index in [0.29, 0.717) is 5.69 Å². The molecule has 0 atom stereocenters. The minimum absolute atomic E-state index is 0.112. The number of aromatic nitrogens is 2. The SMILES string of the molecule is Cc1ccccc1-c1ns[nH]c1=O. The molecular weight excluding hydrogens is 184 g/mol. The highest BCUT2D eigenvalue weighted by molar-refractivity contribution is 6.99. The van der Waals surface area contributed by atoms with Gasteiger partial charge in [0, 0.05) is 17.3 Å². The van der Waals surface area contributed by atoms with Gasteiger partial charge in [-0.3, -0.25) is 9.17 Å². The molecule has 2 rings (SSSR count). The third-order valence-electron chi connectivity index (χ3n) is 1.89. The van der Waals surface area contributed by atoms with E-state index in [0.717, 1.165) is 22.9 Å². The monoisotopic (exact) mass is 192 g/mol. The van der Waals surface area contributed by atoms with Gasteiger partial charge in [-0.15, -0.1) is 0 Å². The smallest absolute Gasteiger partial charge is 0.266 e. The van der Waals surface area contributed by atoms with Crippen molar-refractivity contribution in [2.24, 2.45) is 0 Å². The van der Waals surface area contributed by atoms with E-state index in [4.69, 9.17) is 0 Å². The van der Waals surface area contributed by atoms with Crippen LogP contribution in [0.4, 0.5) is 0 Å². The summed E-state index contributed by atoms with van der Waals surface area (Å²) in [6.07, 6.45) is 0. The molecule has 0 unspecified atom stereocenters. The lowest BCUT2D eigenvalue weighted by Crippen LogP contribution is -2.02. The van der Waals surface area contributed by atoms with Gasteiger partial charge in [0.05, 0.1) is 0 Å². The van der Waals surface area contributed by atoms with Gasteiger partial charge in [0.1, 0.15) is 0 Å². The van der Waals surface area contributed by atoms with E-state index in [1.165, 1.54) is 0 Å². The zero-order valence-electron chi connectivity index (χ0n) is 7.07. The second kappa shape index (κ2) is 3.14.